The van der Waals surface area contributed by atoms with E-state index in [0.29, 0.717) is 5.88 Å². The van der Waals surface area contributed by atoms with Gasteiger partial charge < -0.3 is 4.90 Å². The zero-order valence-electron chi connectivity index (χ0n) is 13.1. The van der Waals surface area contributed by atoms with E-state index in [-0.39, 0.29) is 0 Å². The van der Waals surface area contributed by atoms with Crippen molar-refractivity contribution in [2.24, 2.45) is 0 Å². The SMILES string of the molecule is CCCCN(CCCC)c1nc2ccccc2cc1CCl. The van der Waals surface area contributed by atoms with Crippen molar-refractivity contribution in [1.82, 2.24) is 4.98 Å². The molecule has 0 aliphatic carbocycles. The Hall–Kier alpha value is -1.28. The Kier molecular flexibility index (Phi) is 6.31. The van der Waals surface area contributed by atoms with Crippen LogP contribution < -0.4 is 4.90 Å². The van der Waals surface area contributed by atoms with Gasteiger partial charge in [-0.2, -0.15) is 0 Å². The number of hydrogen-bond donors (Lipinski definition) is 0. The molecule has 0 N–H and O–H groups in total. The highest BCUT2D eigenvalue weighted by Gasteiger charge is 2.13. The Morgan fingerprint density at radius 3 is 2.33 bits per heavy atom. The van der Waals surface area contributed by atoms with E-state index in [1.54, 1.807) is 0 Å². The number of unbranched alkanes of at least 4 members (excludes halogenated alkanes) is 2. The van der Waals surface area contributed by atoms with Crippen molar-refractivity contribution in [3.05, 3.63) is 35.9 Å². The molecule has 0 saturated heterocycles. The summed E-state index contributed by atoms with van der Waals surface area (Å²) in [5.74, 6) is 1.59. The van der Waals surface area contributed by atoms with Crippen LogP contribution in [0, 0.1) is 0 Å². The summed E-state index contributed by atoms with van der Waals surface area (Å²) in [4.78, 5) is 7.31. The first kappa shape index (κ1) is 16.1. The van der Waals surface area contributed by atoms with E-state index in [0.717, 1.165) is 30.0 Å². The largest absolute Gasteiger partial charge is 0.356 e. The number of aromatic nitrogens is 1. The van der Waals surface area contributed by atoms with Gasteiger partial charge in [0.2, 0.25) is 0 Å². The second-order valence-corrected chi connectivity index (χ2v) is 5.76. The first-order valence-corrected chi connectivity index (χ1v) is 8.53. The predicted octanol–water partition coefficient (Wildman–Crippen LogP) is 5.38. The van der Waals surface area contributed by atoms with Crippen LogP contribution in [0.3, 0.4) is 0 Å². The average Bonchev–Trinajstić information content (AvgIpc) is 2.54. The fourth-order valence-electron chi connectivity index (χ4n) is 2.54. The minimum absolute atomic E-state index is 0.516. The molecule has 1 heterocycles. The summed E-state index contributed by atoms with van der Waals surface area (Å²) in [6, 6.07) is 10.5. The molecule has 0 atom stereocenters. The number of hydrogen-bond acceptors (Lipinski definition) is 2. The molecule has 0 fully saturated rings. The van der Waals surface area contributed by atoms with Gasteiger partial charge in [0.25, 0.3) is 0 Å². The van der Waals surface area contributed by atoms with Crippen molar-refractivity contribution in [3.63, 3.8) is 0 Å². The van der Waals surface area contributed by atoms with E-state index < -0.39 is 0 Å². The number of benzene rings is 1. The molecular formula is C18H25ClN2. The molecule has 1 aromatic carbocycles. The lowest BCUT2D eigenvalue weighted by Crippen LogP contribution is -2.27. The Bertz CT molecular complexity index is 560. The van der Waals surface area contributed by atoms with Gasteiger partial charge in [-0.25, -0.2) is 4.98 Å². The number of rotatable bonds is 8. The van der Waals surface area contributed by atoms with E-state index in [9.17, 15) is 0 Å². The van der Waals surface area contributed by atoms with Crippen molar-refractivity contribution in [2.75, 3.05) is 18.0 Å². The normalized spacial score (nSPS) is 11.0. The minimum Gasteiger partial charge on any atom is -0.356 e. The summed E-state index contributed by atoms with van der Waals surface area (Å²) >= 11 is 6.18. The van der Waals surface area contributed by atoms with Crippen LogP contribution in [0.1, 0.15) is 45.1 Å². The van der Waals surface area contributed by atoms with Crippen LogP contribution in [0.5, 0.6) is 0 Å². The molecule has 0 unspecified atom stereocenters. The van der Waals surface area contributed by atoms with Gasteiger partial charge in [-0.3, -0.25) is 0 Å². The molecule has 3 heteroatoms. The zero-order chi connectivity index (χ0) is 15.1. The van der Waals surface area contributed by atoms with Gasteiger partial charge in [0.15, 0.2) is 0 Å². The molecule has 0 amide bonds. The highest BCUT2D eigenvalue weighted by Crippen LogP contribution is 2.25. The molecule has 2 aromatic rings. The van der Waals surface area contributed by atoms with Crippen molar-refractivity contribution < 1.29 is 0 Å². The smallest absolute Gasteiger partial charge is 0.133 e. The number of para-hydroxylation sites is 1. The molecule has 21 heavy (non-hydrogen) atoms. The quantitative estimate of drug-likeness (QED) is 0.609. The summed E-state index contributed by atoms with van der Waals surface area (Å²) in [5.41, 5.74) is 2.20. The topological polar surface area (TPSA) is 16.1 Å². The number of pyridine rings is 1. The lowest BCUT2D eigenvalue weighted by atomic mass is 10.1. The summed E-state index contributed by atoms with van der Waals surface area (Å²) in [6.45, 7) is 6.58. The van der Waals surface area contributed by atoms with Crippen LogP contribution in [0.15, 0.2) is 30.3 Å². The second-order valence-electron chi connectivity index (χ2n) is 5.49. The van der Waals surface area contributed by atoms with Crippen molar-refractivity contribution in [3.8, 4) is 0 Å². The third-order valence-corrected chi connectivity index (χ3v) is 4.07. The van der Waals surface area contributed by atoms with Gasteiger partial charge in [-0.1, -0.05) is 44.9 Å². The summed E-state index contributed by atoms with van der Waals surface area (Å²) < 4.78 is 0. The van der Waals surface area contributed by atoms with Gasteiger partial charge in [0.1, 0.15) is 5.82 Å². The number of anilines is 1. The van der Waals surface area contributed by atoms with Crippen LogP contribution in [-0.4, -0.2) is 18.1 Å². The van der Waals surface area contributed by atoms with Crippen LogP contribution in [0.2, 0.25) is 0 Å². The maximum Gasteiger partial charge on any atom is 0.133 e. The highest BCUT2D eigenvalue weighted by molar-refractivity contribution is 6.17. The van der Waals surface area contributed by atoms with Crippen LogP contribution in [0.25, 0.3) is 10.9 Å². The van der Waals surface area contributed by atoms with Gasteiger partial charge >= 0.3 is 0 Å². The predicted molar refractivity (Wildman–Crippen MR) is 93.3 cm³/mol. The van der Waals surface area contributed by atoms with Crippen molar-refractivity contribution >= 4 is 28.3 Å². The standard InChI is InChI=1S/C18H25ClN2/c1-3-5-11-21(12-6-4-2)18-16(14-19)13-15-9-7-8-10-17(15)20-18/h7-10,13H,3-6,11-12,14H2,1-2H3. The first-order chi connectivity index (χ1) is 10.3. The number of alkyl halides is 1. The molecule has 0 saturated carbocycles. The maximum absolute atomic E-state index is 6.18. The second kappa shape index (κ2) is 8.23. The third-order valence-electron chi connectivity index (χ3n) is 3.79. The van der Waals surface area contributed by atoms with Gasteiger partial charge in [0, 0.05) is 24.0 Å². The molecule has 0 radical (unpaired) electrons. The molecule has 1 aromatic heterocycles. The fraction of sp³-hybridized carbons (Fsp3) is 0.500. The molecule has 2 nitrogen and oxygen atoms in total. The summed E-state index contributed by atoms with van der Waals surface area (Å²) in [5, 5.41) is 1.17. The fourth-order valence-corrected chi connectivity index (χ4v) is 2.74. The number of halogens is 1. The van der Waals surface area contributed by atoms with E-state index in [1.807, 2.05) is 12.1 Å². The molecule has 0 aliphatic heterocycles. The lowest BCUT2D eigenvalue weighted by molar-refractivity contribution is 0.670. The van der Waals surface area contributed by atoms with E-state index in [4.69, 9.17) is 16.6 Å². The molecule has 0 spiro atoms. The average molecular weight is 305 g/mol. The molecule has 0 aliphatic rings. The minimum atomic E-state index is 0.516. The Labute approximate surface area is 133 Å². The summed E-state index contributed by atoms with van der Waals surface area (Å²) in [7, 11) is 0. The van der Waals surface area contributed by atoms with E-state index >= 15 is 0 Å². The van der Waals surface area contributed by atoms with E-state index in [1.165, 1.54) is 31.1 Å². The van der Waals surface area contributed by atoms with Crippen LogP contribution >= 0.6 is 11.6 Å². The van der Waals surface area contributed by atoms with Gasteiger partial charge in [-0.15, -0.1) is 11.6 Å². The van der Waals surface area contributed by atoms with Crippen LogP contribution in [-0.2, 0) is 5.88 Å². The highest BCUT2D eigenvalue weighted by atomic mass is 35.5. The number of fused-ring (bicyclic) bond motifs is 1. The third kappa shape index (κ3) is 4.10. The Morgan fingerprint density at radius 2 is 1.71 bits per heavy atom. The Balaban J connectivity index is 2.38. The molecular weight excluding hydrogens is 280 g/mol. The van der Waals surface area contributed by atoms with E-state index in [2.05, 4.69) is 36.9 Å². The van der Waals surface area contributed by atoms with Gasteiger partial charge in [-0.05, 0) is 25.0 Å². The van der Waals surface area contributed by atoms with Crippen molar-refractivity contribution in [2.45, 2.75) is 45.4 Å². The van der Waals surface area contributed by atoms with Crippen LogP contribution in [0.4, 0.5) is 5.82 Å². The van der Waals surface area contributed by atoms with Gasteiger partial charge in [0.05, 0.1) is 11.4 Å². The molecule has 0 bridgehead atoms. The Morgan fingerprint density at radius 1 is 1.05 bits per heavy atom. The monoisotopic (exact) mass is 304 g/mol. The summed E-state index contributed by atoms with van der Waals surface area (Å²) in [6.07, 6.45) is 4.79. The molecule has 2 rings (SSSR count). The lowest BCUT2D eigenvalue weighted by Gasteiger charge is -2.26. The van der Waals surface area contributed by atoms with Crippen molar-refractivity contribution in [1.29, 1.82) is 0 Å². The zero-order valence-corrected chi connectivity index (χ0v) is 13.9. The maximum atomic E-state index is 6.18. The number of nitrogens with zero attached hydrogens (tertiary/aromatic N) is 2. The first-order valence-electron chi connectivity index (χ1n) is 7.99. The molecule has 114 valence electrons.